The van der Waals surface area contributed by atoms with Crippen LogP contribution in [0.25, 0.3) is 0 Å². The summed E-state index contributed by atoms with van der Waals surface area (Å²) in [7, 11) is 3.68. The molecule has 0 saturated carbocycles. The summed E-state index contributed by atoms with van der Waals surface area (Å²) in [6.07, 6.45) is 1.79. The molecule has 0 amide bonds. The lowest BCUT2D eigenvalue weighted by Gasteiger charge is -2.23. The van der Waals surface area contributed by atoms with E-state index in [9.17, 15) is 0 Å². The number of aliphatic imine (C=N–C) groups is 1. The Balaban J connectivity index is 0.00000312. The molecule has 1 heterocycles. The van der Waals surface area contributed by atoms with Crippen molar-refractivity contribution in [1.29, 1.82) is 0 Å². The summed E-state index contributed by atoms with van der Waals surface area (Å²) in [6, 6.07) is 10.0. The Hall–Kier alpha value is -1.77. The second-order valence-electron chi connectivity index (χ2n) is 6.55. The van der Waals surface area contributed by atoms with Crippen molar-refractivity contribution >= 4 is 29.9 Å². The van der Waals surface area contributed by atoms with E-state index in [2.05, 4.69) is 26.8 Å². The summed E-state index contributed by atoms with van der Waals surface area (Å²) in [4.78, 5) is 4.26. The zero-order chi connectivity index (χ0) is 17.6. The molecule has 0 bridgehead atoms. The van der Waals surface area contributed by atoms with Crippen molar-refractivity contribution in [2.24, 2.45) is 12.0 Å². The molecule has 2 rings (SSSR count). The van der Waals surface area contributed by atoms with Gasteiger partial charge >= 0.3 is 0 Å². The van der Waals surface area contributed by atoms with Crippen LogP contribution in [-0.2, 0) is 20.1 Å². The van der Waals surface area contributed by atoms with Gasteiger partial charge in [-0.15, -0.1) is 24.0 Å². The quantitative estimate of drug-likeness (QED) is 0.412. The zero-order valence-corrected chi connectivity index (χ0v) is 17.9. The van der Waals surface area contributed by atoms with Crippen LogP contribution in [-0.4, -0.2) is 28.4 Å². The van der Waals surface area contributed by atoms with Crippen LogP contribution in [0.5, 0.6) is 5.75 Å². The first-order chi connectivity index (χ1) is 11.4. The Morgan fingerprint density at radius 2 is 1.84 bits per heavy atom. The van der Waals surface area contributed by atoms with E-state index in [1.165, 1.54) is 0 Å². The molecule has 6 nitrogen and oxygen atoms in total. The largest absolute Gasteiger partial charge is 0.488 e. The summed E-state index contributed by atoms with van der Waals surface area (Å²) in [6.45, 7) is 7.44. The molecule has 0 atom stereocenters. The minimum absolute atomic E-state index is 0. The van der Waals surface area contributed by atoms with E-state index in [1.54, 1.807) is 13.2 Å². The molecular weight excluding hydrogens is 429 g/mol. The highest BCUT2D eigenvalue weighted by atomic mass is 127. The smallest absolute Gasteiger partial charge is 0.191 e. The minimum Gasteiger partial charge on any atom is -0.488 e. The monoisotopic (exact) mass is 457 g/mol. The second-order valence-corrected chi connectivity index (χ2v) is 6.55. The van der Waals surface area contributed by atoms with Gasteiger partial charge in [0, 0.05) is 32.4 Å². The van der Waals surface area contributed by atoms with Gasteiger partial charge in [0.15, 0.2) is 5.96 Å². The third-order valence-corrected chi connectivity index (χ3v) is 3.42. The van der Waals surface area contributed by atoms with Crippen molar-refractivity contribution in [3.63, 3.8) is 0 Å². The van der Waals surface area contributed by atoms with Gasteiger partial charge in [-0.05, 0) is 32.9 Å². The van der Waals surface area contributed by atoms with E-state index < -0.39 is 0 Å². The number of hydrogen-bond acceptors (Lipinski definition) is 3. The van der Waals surface area contributed by atoms with Crippen LogP contribution in [0.4, 0.5) is 0 Å². The molecule has 0 spiro atoms. The van der Waals surface area contributed by atoms with E-state index >= 15 is 0 Å². The maximum absolute atomic E-state index is 6.02. The Labute approximate surface area is 167 Å². The molecule has 0 aliphatic heterocycles. The first-order valence-corrected chi connectivity index (χ1v) is 8.07. The first-order valence-electron chi connectivity index (χ1n) is 8.07. The van der Waals surface area contributed by atoms with Crippen LogP contribution < -0.4 is 15.4 Å². The van der Waals surface area contributed by atoms with Gasteiger partial charge in [0.05, 0.1) is 12.2 Å². The molecule has 0 aliphatic carbocycles. The molecule has 138 valence electrons. The lowest BCUT2D eigenvalue weighted by Crippen LogP contribution is -2.37. The predicted molar refractivity (Wildman–Crippen MR) is 112 cm³/mol. The first kappa shape index (κ1) is 21.3. The fraction of sp³-hybridized carbons (Fsp3) is 0.444. The minimum atomic E-state index is -0.227. The van der Waals surface area contributed by atoms with E-state index in [0.29, 0.717) is 13.1 Å². The van der Waals surface area contributed by atoms with Gasteiger partial charge in [-0.25, -0.2) is 0 Å². The number of nitrogens with zero attached hydrogens (tertiary/aromatic N) is 3. The SMILES string of the molecule is CN=C(NCc1ccccc1OC(C)(C)C)NCc1ccnn1C.I. The fourth-order valence-electron chi connectivity index (χ4n) is 2.23. The average molecular weight is 457 g/mol. The van der Waals surface area contributed by atoms with Gasteiger partial charge in [0.2, 0.25) is 0 Å². The average Bonchev–Trinajstić information content (AvgIpc) is 2.93. The maximum atomic E-state index is 6.02. The maximum Gasteiger partial charge on any atom is 0.191 e. The van der Waals surface area contributed by atoms with Crippen LogP contribution in [0.15, 0.2) is 41.5 Å². The van der Waals surface area contributed by atoms with Gasteiger partial charge in [0.1, 0.15) is 11.4 Å². The third kappa shape index (κ3) is 6.93. The molecule has 0 radical (unpaired) electrons. The van der Waals surface area contributed by atoms with Gasteiger partial charge < -0.3 is 15.4 Å². The van der Waals surface area contributed by atoms with Crippen molar-refractivity contribution in [3.8, 4) is 5.75 Å². The molecular formula is C18H28IN5O. The van der Waals surface area contributed by atoms with E-state index in [1.807, 2.05) is 56.8 Å². The molecule has 0 unspecified atom stereocenters. The molecule has 2 aromatic rings. The molecule has 7 heteroatoms. The number of halogens is 1. The number of rotatable bonds is 5. The zero-order valence-electron chi connectivity index (χ0n) is 15.5. The number of aromatic nitrogens is 2. The topological polar surface area (TPSA) is 63.5 Å². The number of nitrogens with one attached hydrogen (secondary N) is 2. The van der Waals surface area contributed by atoms with Crippen LogP contribution in [0.1, 0.15) is 32.0 Å². The number of benzene rings is 1. The Bertz CT molecular complexity index is 691. The van der Waals surface area contributed by atoms with Crippen molar-refractivity contribution in [2.45, 2.75) is 39.5 Å². The highest BCUT2D eigenvalue weighted by Gasteiger charge is 2.14. The second kappa shape index (κ2) is 9.65. The number of para-hydroxylation sites is 1. The number of hydrogen-bond donors (Lipinski definition) is 2. The molecule has 25 heavy (non-hydrogen) atoms. The van der Waals surface area contributed by atoms with Gasteiger partial charge in [0.25, 0.3) is 0 Å². The van der Waals surface area contributed by atoms with E-state index in [-0.39, 0.29) is 29.6 Å². The normalized spacial score (nSPS) is 11.6. The Morgan fingerprint density at radius 1 is 1.16 bits per heavy atom. The van der Waals surface area contributed by atoms with Crippen LogP contribution in [0, 0.1) is 0 Å². The highest BCUT2D eigenvalue weighted by molar-refractivity contribution is 14.0. The van der Waals surface area contributed by atoms with Crippen molar-refractivity contribution in [2.75, 3.05) is 7.05 Å². The predicted octanol–water partition coefficient (Wildman–Crippen LogP) is 3.08. The van der Waals surface area contributed by atoms with Crippen LogP contribution in [0.2, 0.25) is 0 Å². The van der Waals surface area contributed by atoms with Crippen molar-refractivity contribution in [3.05, 3.63) is 47.8 Å². The molecule has 0 aliphatic rings. The van der Waals surface area contributed by atoms with E-state index in [4.69, 9.17) is 4.74 Å². The number of aryl methyl sites for hydroxylation is 1. The third-order valence-electron chi connectivity index (χ3n) is 3.42. The molecule has 1 aromatic carbocycles. The molecule has 0 fully saturated rings. The Morgan fingerprint density at radius 3 is 2.44 bits per heavy atom. The fourth-order valence-corrected chi connectivity index (χ4v) is 2.23. The summed E-state index contributed by atoms with van der Waals surface area (Å²) in [5, 5.41) is 10.8. The van der Waals surface area contributed by atoms with Crippen LogP contribution >= 0.6 is 24.0 Å². The Kier molecular flexibility index (Phi) is 8.21. The lowest BCUT2D eigenvalue weighted by molar-refractivity contribution is 0.129. The van der Waals surface area contributed by atoms with Crippen molar-refractivity contribution in [1.82, 2.24) is 20.4 Å². The molecule has 2 N–H and O–H groups in total. The summed E-state index contributed by atoms with van der Waals surface area (Å²) >= 11 is 0. The lowest BCUT2D eigenvalue weighted by atomic mass is 10.1. The molecule has 1 aromatic heterocycles. The van der Waals surface area contributed by atoms with Crippen molar-refractivity contribution < 1.29 is 4.74 Å². The van der Waals surface area contributed by atoms with E-state index in [0.717, 1.165) is 23.0 Å². The van der Waals surface area contributed by atoms with Crippen LogP contribution in [0.3, 0.4) is 0 Å². The standard InChI is InChI=1S/C18H27N5O.HI/c1-18(2,3)24-16-9-7-6-8-14(16)12-20-17(19-4)21-13-15-10-11-22-23(15)5;/h6-11H,12-13H2,1-5H3,(H2,19,20,21);1H. The number of guanidine groups is 1. The highest BCUT2D eigenvalue weighted by Crippen LogP contribution is 2.22. The van der Waals surface area contributed by atoms with Gasteiger partial charge in [-0.2, -0.15) is 5.10 Å². The molecule has 0 saturated heterocycles. The van der Waals surface area contributed by atoms with Gasteiger partial charge in [-0.1, -0.05) is 18.2 Å². The number of ether oxygens (including phenoxy) is 1. The summed E-state index contributed by atoms with van der Waals surface area (Å²) in [5.41, 5.74) is 1.96. The van der Waals surface area contributed by atoms with Gasteiger partial charge in [-0.3, -0.25) is 9.67 Å². The summed E-state index contributed by atoms with van der Waals surface area (Å²) in [5.74, 6) is 1.63. The summed E-state index contributed by atoms with van der Waals surface area (Å²) < 4.78 is 7.86.